The molecule has 120 valence electrons. The Labute approximate surface area is 138 Å². The van der Waals surface area contributed by atoms with Crippen molar-refractivity contribution < 1.29 is 5.11 Å². The van der Waals surface area contributed by atoms with Crippen molar-refractivity contribution in [1.29, 1.82) is 0 Å². The first-order valence-corrected chi connectivity index (χ1v) is 8.98. The Balaban J connectivity index is 2.54. The Kier molecular flexibility index (Phi) is 8.10. The second-order valence-corrected chi connectivity index (χ2v) is 8.67. The summed E-state index contributed by atoms with van der Waals surface area (Å²) in [4.78, 5) is 0. The van der Waals surface area contributed by atoms with Crippen LogP contribution in [0.15, 0.2) is 24.3 Å². The Morgan fingerprint density at radius 3 is 2.33 bits per heavy atom. The number of hydrogen-bond donors (Lipinski definition) is 2. The van der Waals surface area contributed by atoms with Crippen molar-refractivity contribution in [3.8, 4) is 0 Å². The summed E-state index contributed by atoms with van der Waals surface area (Å²) in [5.74, 6) is 1.13. The third kappa shape index (κ3) is 7.55. The van der Waals surface area contributed by atoms with Crippen LogP contribution >= 0.6 is 23.4 Å². The van der Waals surface area contributed by atoms with Gasteiger partial charge in [-0.1, -0.05) is 51.4 Å². The first-order chi connectivity index (χ1) is 9.85. The smallest absolute Gasteiger partial charge is 0.0626 e. The fourth-order valence-corrected chi connectivity index (χ4v) is 3.29. The maximum atomic E-state index is 9.65. The molecule has 2 atom stereocenters. The average Bonchev–Trinajstić information content (AvgIpc) is 2.42. The third-order valence-corrected chi connectivity index (χ3v) is 4.94. The lowest BCUT2D eigenvalue weighted by atomic mass is 10.0. The molecule has 1 aromatic rings. The molecule has 0 saturated heterocycles. The minimum absolute atomic E-state index is 0.0214. The summed E-state index contributed by atoms with van der Waals surface area (Å²) in [6, 6.07) is 8.11. The molecular formula is C17H28ClNOS. The number of benzene rings is 1. The van der Waals surface area contributed by atoms with E-state index in [0.717, 1.165) is 29.2 Å². The predicted octanol–water partition coefficient (Wildman–Crippen LogP) is 4.66. The summed E-state index contributed by atoms with van der Waals surface area (Å²) >= 11 is 7.91. The first-order valence-electron chi connectivity index (χ1n) is 7.62. The molecule has 0 aliphatic heterocycles. The molecule has 0 saturated carbocycles. The number of aliphatic hydroxyl groups excluding tert-OH is 1. The highest BCUT2D eigenvalue weighted by Crippen LogP contribution is 2.25. The molecule has 0 aromatic heterocycles. The van der Waals surface area contributed by atoms with Crippen molar-refractivity contribution in [1.82, 2.24) is 5.32 Å². The quantitative estimate of drug-likeness (QED) is 0.727. The third-order valence-electron chi connectivity index (χ3n) is 3.39. The van der Waals surface area contributed by atoms with E-state index < -0.39 is 0 Å². The van der Waals surface area contributed by atoms with E-state index in [-0.39, 0.29) is 12.6 Å². The van der Waals surface area contributed by atoms with Crippen molar-refractivity contribution >= 4 is 23.4 Å². The first kappa shape index (κ1) is 18.8. The molecule has 0 fully saturated rings. The maximum absolute atomic E-state index is 9.65. The number of nitrogens with one attached hydrogen (secondary N) is 1. The summed E-state index contributed by atoms with van der Waals surface area (Å²) in [5.41, 5.74) is 1.09. The lowest BCUT2D eigenvalue weighted by molar-refractivity contribution is 0.230. The van der Waals surface area contributed by atoms with Gasteiger partial charge >= 0.3 is 0 Å². The zero-order valence-electron chi connectivity index (χ0n) is 13.5. The normalized spacial score (nSPS) is 15.0. The molecule has 2 N–H and O–H groups in total. The van der Waals surface area contributed by atoms with E-state index in [1.54, 1.807) is 0 Å². The minimum Gasteiger partial charge on any atom is -0.394 e. The standard InChI is InChI=1S/C17H28ClNOS/c1-5-15(10-11-21-17(2,3)4)19-16(12-20)13-6-8-14(18)9-7-13/h6-9,15-16,19-20H,5,10-12H2,1-4H3/t15-,16-/m0/s1. The van der Waals surface area contributed by atoms with Gasteiger partial charge in [0.1, 0.15) is 0 Å². The number of hydrogen-bond acceptors (Lipinski definition) is 3. The zero-order valence-corrected chi connectivity index (χ0v) is 15.1. The molecule has 21 heavy (non-hydrogen) atoms. The van der Waals surface area contributed by atoms with Crippen LogP contribution in [0.5, 0.6) is 0 Å². The lowest BCUT2D eigenvalue weighted by Gasteiger charge is -2.25. The van der Waals surface area contributed by atoms with Crippen molar-refractivity contribution in [2.45, 2.75) is 57.4 Å². The lowest BCUT2D eigenvalue weighted by Crippen LogP contribution is -2.35. The van der Waals surface area contributed by atoms with Gasteiger partial charge in [0.25, 0.3) is 0 Å². The molecule has 0 aliphatic rings. The minimum atomic E-state index is -0.0214. The Bertz CT molecular complexity index is 402. The van der Waals surface area contributed by atoms with Gasteiger partial charge in [-0.3, -0.25) is 0 Å². The Hall–Kier alpha value is -0.220. The van der Waals surface area contributed by atoms with Crippen molar-refractivity contribution in [2.24, 2.45) is 0 Å². The molecule has 4 heteroatoms. The molecule has 2 nitrogen and oxygen atoms in total. The van der Waals surface area contributed by atoms with Gasteiger partial charge in [0.05, 0.1) is 12.6 Å². The SMILES string of the molecule is CC[C@@H](CCSC(C)(C)C)N[C@@H](CO)c1ccc(Cl)cc1. The van der Waals surface area contributed by atoms with Crippen LogP contribution in [0.25, 0.3) is 0 Å². The average molecular weight is 330 g/mol. The van der Waals surface area contributed by atoms with Crippen LogP contribution in [0.1, 0.15) is 52.1 Å². The van der Waals surface area contributed by atoms with Crippen molar-refractivity contribution in [2.75, 3.05) is 12.4 Å². The van der Waals surface area contributed by atoms with Crippen molar-refractivity contribution in [3.05, 3.63) is 34.9 Å². The van der Waals surface area contributed by atoms with E-state index in [9.17, 15) is 5.11 Å². The van der Waals surface area contributed by atoms with E-state index in [0.29, 0.717) is 10.8 Å². The van der Waals surface area contributed by atoms with Gasteiger partial charge in [0, 0.05) is 15.8 Å². The van der Waals surface area contributed by atoms with Gasteiger partial charge in [-0.2, -0.15) is 11.8 Å². The maximum Gasteiger partial charge on any atom is 0.0626 e. The highest BCUT2D eigenvalue weighted by atomic mass is 35.5. The molecule has 0 radical (unpaired) electrons. The Morgan fingerprint density at radius 1 is 1.24 bits per heavy atom. The van der Waals surface area contributed by atoms with E-state index in [1.165, 1.54) is 0 Å². The fraction of sp³-hybridized carbons (Fsp3) is 0.647. The fourth-order valence-electron chi connectivity index (χ4n) is 2.15. The predicted molar refractivity (Wildman–Crippen MR) is 95.3 cm³/mol. The Morgan fingerprint density at radius 2 is 1.86 bits per heavy atom. The van der Waals surface area contributed by atoms with Gasteiger partial charge in [0.2, 0.25) is 0 Å². The second kappa shape index (κ2) is 9.04. The molecule has 0 spiro atoms. The zero-order chi connectivity index (χ0) is 15.9. The molecule has 0 unspecified atom stereocenters. The van der Waals surface area contributed by atoms with E-state index in [1.807, 2.05) is 36.0 Å². The molecule has 0 aliphatic carbocycles. The van der Waals surface area contributed by atoms with Gasteiger partial charge in [-0.05, 0) is 36.3 Å². The van der Waals surface area contributed by atoms with Crippen LogP contribution in [-0.4, -0.2) is 28.3 Å². The van der Waals surface area contributed by atoms with E-state index >= 15 is 0 Å². The van der Waals surface area contributed by atoms with E-state index in [2.05, 4.69) is 33.0 Å². The number of thioether (sulfide) groups is 1. The molecule has 1 rings (SSSR count). The summed E-state index contributed by atoms with van der Waals surface area (Å²) in [6.45, 7) is 9.03. The van der Waals surface area contributed by atoms with Crippen molar-refractivity contribution in [3.63, 3.8) is 0 Å². The largest absolute Gasteiger partial charge is 0.394 e. The van der Waals surface area contributed by atoms with Gasteiger partial charge < -0.3 is 10.4 Å². The van der Waals surface area contributed by atoms with Crippen LogP contribution < -0.4 is 5.32 Å². The molecular weight excluding hydrogens is 302 g/mol. The van der Waals surface area contributed by atoms with Crippen LogP contribution in [0.2, 0.25) is 5.02 Å². The van der Waals surface area contributed by atoms with Crippen LogP contribution in [0, 0.1) is 0 Å². The van der Waals surface area contributed by atoms with Crippen LogP contribution in [-0.2, 0) is 0 Å². The number of rotatable bonds is 8. The van der Waals surface area contributed by atoms with Crippen LogP contribution in [0.4, 0.5) is 0 Å². The highest BCUT2D eigenvalue weighted by molar-refractivity contribution is 8.00. The number of aliphatic hydroxyl groups is 1. The molecule has 0 amide bonds. The number of halogens is 1. The van der Waals surface area contributed by atoms with Gasteiger partial charge in [0.15, 0.2) is 0 Å². The summed E-state index contributed by atoms with van der Waals surface area (Å²) in [7, 11) is 0. The summed E-state index contributed by atoms with van der Waals surface area (Å²) in [5, 5.41) is 13.9. The topological polar surface area (TPSA) is 32.3 Å². The van der Waals surface area contributed by atoms with E-state index in [4.69, 9.17) is 11.6 Å². The van der Waals surface area contributed by atoms with Gasteiger partial charge in [-0.15, -0.1) is 0 Å². The molecule has 0 bridgehead atoms. The van der Waals surface area contributed by atoms with Crippen LogP contribution in [0.3, 0.4) is 0 Å². The van der Waals surface area contributed by atoms with Gasteiger partial charge in [-0.25, -0.2) is 0 Å². The summed E-state index contributed by atoms with van der Waals surface area (Å²) in [6.07, 6.45) is 2.18. The second-order valence-electron chi connectivity index (χ2n) is 6.31. The highest BCUT2D eigenvalue weighted by Gasteiger charge is 2.17. The molecule has 0 heterocycles. The summed E-state index contributed by atoms with van der Waals surface area (Å²) < 4.78 is 0.310. The molecule has 1 aromatic carbocycles. The monoisotopic (exact) mass is 329 g/mol.